The van der Waals surface area contributed by atoms with Crippen LogP contribution in [0.15, 0.2) is 59.5 Å². The van der Waals surface area contributed by atoms with Crippen LogP contribution < -0.4 is 14.8 Å². The predicted molar refractivity (Wildman–Crippen MR) is 123 cm³/mol. The second-order valence-corrected chi connectivity index (χ2v) is 10.0. The van der Waals surface area contributed by atoms with Crippen LogP contribution in [0.2, 0.25) is 0 Å². The average molecular weight is 466 g/mol. The lowest BCUT2D eigenvalue weighted by Gasteiger charge is -2.18. The van der Waals surface area contributed by atoms with Gasteiger partial charge in [-0.25, -0.2) is 0 Å². The zero-order chi connectivity index (χ0) is 23.4. The molecule has 0 spiro atoms. The fraction of sp³-hybridized carbons (Fsp3) is 0.240. The van der Waals surface area contributed by atoms with E-state index in [2.05, 4.69) is 5.32 Å². The quantitative estimate of drug-likeness (QED) is 0.534. The number of ether oxygens (including phenoxy) is 2. The Hall–Kier alpha value is -3.36. The van der Waals surface area contributed by atoms with Crippen LogP contribution in [0.3, 0.4) is 0 Å². The van der Waals surface area contributed by atoms with Gasteiger partial charge in [-0.3, -0.25) is 9.35 Å². The molecule has 5 rings (SSSR count). The van der Waals surface area contributed by atoms with Gasteiger partial charge in [-0.15, -0.1) is 0 Å². The third-order valence-corrected chi connectivity index (χ3v) is 7.24. The van der Waals surface area contributed by atoms with Gasteiger partial charge in [0.2, 0.25) is 12.7 Å². The van der Waals surface area contributed by atoms with Crippen LogP contribution in [-0.4, -0.2) is 25.7 Å². The molecule has 2 aliphatic rings. The average Bonchev–Trinajstić information content (AvgIpc) is 3.45. The molecule has 1 saturated carbocycles. The van der Waals surface area contributed by atoms with Crippen molar-refractivity contribution in [1.82, 2.24) is 0 Å². The minimum absolute atomic E-state index is 0.0744. The summed E-state index contributed by atoms with van der Waals surface area (Å²) < 4.78 is 43.1. The summed E-state index contributed by atoms with van der Waals surface area (Å²) in [5.41, 5.74) is 4.37. The Labute approximate surface area is 192 Å². The van der Waals surface area contributed by atoms with Crippen molar-refractivity contribution >= 4 is 21.7 Å². The van der Waals surface area contributed by atoms with Gasteiger partial charge < -0.3 is 14.8 Å². The number of hydrogen-bond donors (Lipinski definition) is 2. The third-order valence-electron chi connectivity index (χ3n) is 6.39. The topological polar surface area (TPSA) is 102 Å². The Bertz CT molecular complexity index is 1390. The van der Waals surface area contributed by atoms with Gasteiger partial charge in [0.05, 0.1) is 10.3 Å². The lowest BCUT2D eigenvalue weighted by atomic mass is 9.93. The number of anilines is 1. The first-order chi connectivity index (χ1) is 15.7. The van der Waals surface area contributed by atoms with Gasteiger partial charge in [-0.05, 0) is 90.9 Å². The van der Waals surface area contributed by atoms with Crippen molar-refractivity contribution in [2.24, 2.45) is 0 Å². The molecule has 0 bridgehead atoms. The van der Waals surface area contributed by atoms with Crippen LogP contribution >= 0.6 is 0 Å². The van der Waals surface area contributed by atoms with E-state index >= 15 is 0 Å². The molecule has 2 N–H and O–H groups in total. The number of aryl methyl sites for hydroxylation is 2. The predicted octanol–water partition coefficient (Wildman–Crippen LogP) is 4.62. The van der Waals surface area contributed by atoms with Crippen LogP contribution in [-0.2, 0) is 20.3 Å². The number of benzene rings is 3. The van der Waals surface area contributed by atoms with Crippen LogP contribution in [0.1, 0.15) is 29.5 Å². The first-order valence-electron chi connectivity index (χ1n) is 10.6. The summed E-state index contributed by atoms with van der Waals surface area (Å²) in [4.78, 5) is 13.1. The van der Waals surface area contributed by atoms with Crippen LogP contribution in [0.4, 0.5) is 5.69 Å². The molecule has 0 unspecified atom stereocenters. The molecule has 8 heteroatoms. The van der Waals surface area contributed by atoms with E-state index in [0.29, 0.717) is 22.7 Å². The van der Waals surface area contributed by atoms with Gasteiger partial charge in [0.15, 0.2) is 11.5 Å². The molecule has 1 fully saturated rings. The molecule has 1 aliphatic carbocycles. The summed E-state index contributed by atoms with van der Waals surface area (Å²) in [5.74, 6) is 1.27. The maximum absolute atomic E-state index is 13.3. The second kappa shape index (κ2) is 7.60. The molecular formula is C25H23NO6S. The first-order valence-corrected chi connectivity index (χ1v) is 12.0. The highest BCUT2D eigenvalue weighted by Gasteiger charge is 2.51. The summed E-state index contributed by atoms with van der Waals surface area (Å²) in [7, 11) is -4.27. The van der Waals surface area contributed by atoms with E-state index in [4.69, 9.17) is 9.47 Å². The number of fused-ring (bicyclic) bond motifs is 1. The smallest absolute Gasteiger partial charge is 0.294 e. The largest absolute Gasteiger partial charge is 0.454 e. The first kappa shape index (κ1) is 21.5. The molecular weight excluding hydrogens is 442 g/mol. The van der Waals surface area contributed by atoms with E-state index < -0.39 is 15.5 Å². The van der Waals surface area contributed by atoms with E-state index in [1.165, 1.54) is 12.1 Å². The van der Waals surface area contributed by atoms with Gasteiger partial charge in [-0.1, -0.05) is 18.2 Å². The van der Waals surface area contributed by atoms with Crippen LogP contribution in [0.5, 0.6) is 11.5 Å². The van der Waals surface area contributed by atoms with E-state index in [1.807, 2.05) is 43.3 Å². The zero-order valence-electron chi connectivity index (χ0n) is 18.2. The minimum Gasteiger partial charge on any atom is -0.454 e. The Morgan fingerprint density at radius 1 is 0.909 bits per heavy atom. The lowest BCUT2D eigenvalue weighted by molar-refractivity contribution is -0.118. The Morgan fingerprint density at radius 3 is 2.36 bits per heavy atom. The third kappa shape index (κ3) is 3.85. The standard InChI is InChI=1S/C25H23NO6S/c1-15-3-5-18(13-21(15)20-7-6-19(11-16(20)2)33(28,29)30)26-24(27)25(9-10-25)17-4-8-22-23(12-17)32-14-31-22/h3-8,11-13H,9-10,14H2,1-2H3,(H,26,27)(H,28,29,30). The molecule has 33 heavy (non-hydrogen) atoms. The van der Waals surface area contributed by atoms with Crippen molar-refractivity contribution in [2.45, 2.75) is 37.0 Å². The van der Waals surface area contributed by atoms with Crippen LogP contribution in [0, 0.1) is 13.8 Å². The van der Waals surface area contributed by atoms with Crippen molar-refractivity contribution < 1.29 is 27.2 Å². The molecule has 0 aromatic heterocycles. The van der Waals surface area contributed by atoms with Crippen molar-refractivity contribution in [1.29, 1.82) is 0 Å². The Morgan fingerprint density at radius 2 is 1.67 bits per heavy atom. The Balaban J connectivity index is 1.43. The molecule has 0 atom stereocenters. The minimum atomic E-state index is -4.27. The number of nitrogens with one attached hydrogen (secondary N) is 1. The monoisotopic (exact) mass is 465 g/mol. The van der Waals surface area contributed by atoms with Gasteiger partial charge in [0.25, 0.3) is 10.1 Å². The molecule has 1 heterocycles. The van der Waals surface area contributed by atoms with Gasteiger partial charge in [0, 0.05) is 5.69 Å². The summed E-state index contributed by atoms with van der Waals surface area (Å²) in [5, 5.41) is 3.06. The number of hydrogen-bond acceptors (Lipinski definition) is 5. The molecule has 0 saturated heterocycles. The lowest BCUT2D eigenvalue weighted by Crippen LogP contribution is -2.27. The highest BCUT2D eigenvalue weighted by molar-refractivity contribution is 7.85. The number of carbonyl (C=O) groups is 1. The maximum atomic E-state index is 13.3. The molecule has 3 aromatic rings. The highest BCUT2D eigenvalue weighted by Crippen LogP contribution is 2.51. The summed E-state index contributed by atoms with van der Waals surface area (Å²) >= 11 is 0. The summed E-state index contributed by atoms with van der Waals surface area (Å²) in [6, 6.07) is 15.8. The number of carbonyl (C=O) groups excluding carboxylic acids is 1. The SMILES string of the molecule is Cc1cc(S(=O)(=O)O)ccc1-c1cc(NC(=O)C2(c3ccc4c(c3)OCO4)CC2)ccc1C. The summed E-state index contributed by atoms with van der Waals surface area (Å²) in [6.07, 6.45) is 1.51. The molecule has 3 aromatic carbocycles. The molecule has 0 radical (unpaired) electrons. The van der Waals surface area contributed by atoms with Crippen molar-refractivity contribution in [3.05, 3.63) is 71.3 Å². The van der Waals surface area contributed by atoms with Gasteiger partial charge >= 0.3 is 0 Å². The van der Waals surface area contributed by atoms with E-state index in [-0.39, 0.29) is 17.6 Å². The van der Waals surface area contributed by atoms with E-state index in [9.17, 15) is 17.8 Å². The molecule has 7 nitrogen and oxygen atoms in total. The highest BCUT2D eigenvalue weighted by atomic mass is 32.2. The van der Waals surface area contributed by atoms with Crippen molar-refractivity contribution in [3.8, 4) is 22.6 Å². The summed E-state index contributed by atoms with van der Waals surface area (Å²) in [6.45, 7) is 3.92. The van der Waals surface area contributed by atoms with Crippen molar-refractivity contribution in [2.75, 3.05) is 12.1 Å². The van der Waals surface area contributed by atoms with E-state index in [1.54, 1.807) is 13.0 Å². The van der Waals surface area contributed by atoms with Crippen LogP contribution in [0.25, 0.3) is 11.1 Å². The number of amides is 1. The number of rotatable bonds is 5. The fourth-order valence-electron chi connectivity index (χ4n) is 4.31. The molecule has 1 aliphatic heterocycles. The molecule has 170 valence electrons. The van der Waals surface area contributed by atoms with Gasteiger partial charge in [-0.2, -0.15) is 8.42 Å². The second-order valence-electron chi connectivity index (χ2n) is 8.59. The van der Waals surface area contributed by atoms with Gasteiger partial charge in [0.1, 0.15) is 0 Å². The van der Waals surface area contributed by atoms with E-state index in [0.717, 1.165) is 35.1 Å². The van der Waals surface area contributed by atoms with Crippen molar-refractivity contribution in [3.63, 3.8) is 0 Å². The Kier molecular flexibility index (Phi) is 4.95. The normalized spacial score (nSPS) is 15.8. The zero-order valence-corrected chi connectivity index (χ0v) is 19.0. The maximum Gasteiger partial charge on any atom is 0.294 e. The molecule has 1 amide bonds. The fourth-order valence-corrected chi connectivity index (χ4v) is 4.87.